The Morgan fingerprint density at radius 3 is 1.62 bits per heavy atom. The predicted molar refractivity (Wildman–Crippen MR) is 202 cm³/mol. The third-order valence-corrected chi connectivity index (χ3v) is 9.28. The molecule has 9 rings (SSSR count). The molecule has 9 aromatic rings. The second-order valence-electron chi connectivity index (χ2n) is 12.2. The molecule has 2 nitrogen and oxygen atoms in total. The molecule has 0 saturated heterocycles. The zero-order chi connectivity index (χ0) is 31.9. The Morgan fingerprint density at radius 1 is 0.354 bits per heavy atom. The number of nitrogens with zero attached hydrogens (tertiary/aromatic N) is 1. The standard InChI is InChI=1S/C46H31NO/c1-3-11-32(12-4-1)33-19-25-38(26-20-33)47(44-18-10-9-16-40(44)35-13-5-2-6-14-35)39-27-21-34(22-28-39)37-24-29-42-43-30-23-36-15-7-8-17-41(36)46(43)48-45(42)31-37/h1-31H. The second-order valence-corrected chi connectivity index (χ2v) is 12.2. The van der Waals surface area contributed by atoms with Crippen LogP contribution in [0.3, 0.4) is 0 Å². The van der Waals surface area contributed by atoms with Gasteiger partial charge in [0.05, 0.1) is 5.69 Å². The monoisotopic (exact) mass is 613 g/mol. The van der Waals surface area contributed by atoms with Crippen LogP contribution in [0.4, 0.5) is 17.1 Å². The fourth-order valence-corrected chi connectivity index (χ4v) is 6.88. The number of anilines is 3. The summed E-state index contributed by atoms with van der Waals surface area (Å²) in [4.78, 5) is 2.36. The van der Waals surface area contributed by atoms with Gasteiger partial charge in [-0.15, -0.1) is 0 Å². The van der Waals surface area contributed by atoms with Gasteiger partial charge in [0.25, 0.3) is 0 Å². The summed E-state index contributed by atoms with van der Waals surface area (Å²) in [6, 6.07) is 66.8. The first kappa shape index (κ1) is 27.9. The number of fused-ring (bicyclic) bond motifs is 5. The third kappa shape index (κ3) is 4.92. The fourth-order valence-electron chi connectivity index (χ4n) is 6.88. The number of hydrogen-bond donors (Lipinski definition) is 0. The second kappa shape index (κ2) is 11.8. The van der Waals surface area contributed by atoms with Gasteiger partial charge in [0.1, 0.15) is 11.2 Å². The van der Waals surface area contributed by atoms with E-state index in [1.807, 2.05) is 0 Å². The maximum absolute atomic E-state index is 6.49. The van der Waals surface area contributed by atoms with Crippen molar-refractivity contribution in [3.05, 3.63) is 188 Å². The average molecular weight is 614 g/mol. The smallest absolute Gasteiger partial charge is 0.143 e. The molecule has 0 amide bonds. The molecule has 0 aliphatic carbocycles. The molecule has 226 valence electrons. The van der Waals surface area contributed by atoms with Crippen LogP contribution >= 0.6 is 0 Å². The highest BCUT2D eigenvalue weighted by Crippen LogP contribution is 2.42. The largest absolute Gasteiger partial charge is 0.455 e. The lowest BCUT2D eigenvalue weighted by Crippen LogP contribution is -2.11. The van der Waals surface area contributed by atoms with Gasteiger partial charge in [-0.25, -0.2) is 0 Å². The van der Waals surface area contributed by atoms with Crippen LogP contribution in [0.5, 0.6) is 0 Å². The van der Waals surface area contributed by atoms with E-state index >= 15 is 0 Å². The van der Waals surface area contributed by atoms with Crippen molar-refractivity contribution in [3.8, 4) is 33.4 Å². The predicted octanol–water partition coefficient (Wildman–Crippen LogP) is 13.2. The van der Waals surface area contributed by atoms with E-state index in [0.29, 0.717) is 0 Å². The fraction of sp³-hybridized carbons (Fsp3) is 0. The molecular formula is C46H31NO. The van der Waals surface area contributed by atoms with E-state index in [-0.39, 0.29) is 0 Å². The van der Waals surface area contributed by atoms with Gasteiger partial charge < -0.3 is 9.32 Å². The van der Waals surface area contributed by atoms with Crippen LogP contribution in [0.1, 0.15) is 0 Å². The molecule has 0 spiro atoms. The van der Waals surface area contributed by atoms with Gasteiger partial charge in [-0.1, -0.05) is 140 Å². The molecule has 0 aliphatic heterocycles. The Hall–Kier alpha value is -6.38. The Kier molecular flexibility index (Phi) is 6.84. The van der Waals surface area contributed by atoms with E-state index in [9.17, 15) is 0 Å². The Labute approximate surface area is 279 Å². The number of rotatable bonds is 6. The summed E-state index contributed by atoms with van der Waals surface area (Å²) in [7, 11) is 0. The molecule has 1 heterocycles. The van der Waals surface area contributed by atoms with Crippen LogP contribution in [0.25, 0.3) is 66.1 Å². The van der Waals surface area contributed by atoms with Crippen LogP contribution < -0.4 is 4.90 Å². The zero-order valence-corrected chi connectivity index (χ0v) is 26.3. The van der Waals surface area contributed by atoms with Gasteiger partial charge >= 0.3 is 0 Å². The van der Waals surface area contributed by atoms with Crippen molar-refractivity contribution < 1.29 is 4.42 Å². The zero-order valence-electron chi connectivity index (χ0n) is 26.3. The van der Waals surface area contributed by atoms with Crippen LogP contribution in [-0.4, -0.2) is 0 Å². The van der Waals surface area contributed by atoms with Gasteiger partial charge in [0.15, 0.2) is 0 Å². The van der Waals surface area contributed by atoms with Crippen molar-refractivity contribution in [1.82, 2.24) is 0 Å². The number of benzene rings is 8. The number of furan rings is 1. The molecule has 0 aliphatic rings. The van der Waals surface area contributed by atoms with Crippen molar-refractivity contribution in [2.75, 3.05) is 4.90 Å². The SMILES string of the molecule is c1ccc(-c2ccc(N(c3ccc(-c4ccc5c(c4)oc4c6ccccc6ccc54)cc3)c3ccccc3-c3ccccc3)cc2)cc1. The maximum Gasteiger partial charge on any atom is 0.143 e. The van der Waals surface area contributed by atoms with Crippen LogP contribution in [-0.2, 0) is 0 Å². The van der Waals surface area contributed by atoms with Gasteiger partial charge in [0.2, 0.25) is 0 Å². The van der Waals surface area contributed by atoms with Crippen molar-refractivity contribution in [1.29, 1.82) is 0 Å². The molecule has 8 aromatic carbocycles. The maximum atomic E-state index is 6.49. The molecule has 0 atom stereocenters. The molecule has 0 unspecified atom stereocenters. The topological polar surface area (TPSA) is 16.4 Å². The van der Waals surface area contributed by atoms with Crippen LogP contribution in [0.15, 0.2) is 192 Å². The van der Waals surface area contributed by atoms with E-state index < -0.39 is 0 Å². The number of hydrogen-bond acceptors (Lipinski definition) is 2. The molecule has 1 aromatic heterocycles. The highest BCUT2D eigenvalue weighted by atomic mass is 16.3. The molecular weight excluding hydrogens is 583 g/mol. The number of para-hydroxylation sites is 1. The highest BCUT2D eigenvalue weighted by molar-refractivity contribution is 6.15. The Morgan fingerprint density at radius 2 is 0.896 bits per heavy atom. The summed E-state index contributed by atoms with van der Waals surface area (Å²) >= 11 is 0. The normalized spacial score (nSPS) is 11.3. The summed E-state index contributed by atoms with van der Waals surface area (Å²) in [5.74, 6) is 0. The minimum Gasteiger partial charge on any atom is -0.455 e. The van der Waals surface area contributed by atoms with Crippen molar-refractivity contribution in [2.24, 2.45) is 0 Å². The summed E-state index contributed by atoms with van der Waals surface area (Å²) in [6.45, 7) is 0. The average Bonchev–Trinajstić information content (AvgIpc) is 3.55. The minimum absolute atomic E-state index is 0.903. The summed E-state index contributed by atoms with van der Waals surface area (Å²) in [5.41, 5.74) is 12.2. The van der Waals surface area contributed by atoms with Gasteiger partial charge in [-0.3, -0.25) is 0 Å². The molecule has 0 saturated carbocycles. The van der Waals surface area contributed by atoms with Crippen LogP contribution in [0, 0.1) is 0 Å². The first-order chi connectivity index (χ1) is 23.8. The summed E-state index contributed by atoms with van der Waals surface area (Å²) < 4.78 is 6.49. The molecule has 0 radical (unpaired) electrons. The quantitative estimate of drug-likeness (QED) is 0.185. The van der Waals surface area contributed by atoms with E-state index in [4.69, 9.17) is 4.42 Å². The van der Waals surface area contributed by atoms with Gasteiger partial charge in [0, 0.05) is 33.1 Å². The van der Waals surface area contributed by atoms with Crippen molar-refractivity contribution in [3.63, 3.8) is 0 Å². The van der Waals surface area contributed by atoms with E-state index in [2.05, 4.69) is 193 Å². The van der Waals surface area contributed by atoms with Crippen molar-refractivity contribution in [2.45, 2.75) is 0 Å². The molecule has 0 bridgehead atoms. The van der Waals surface area contributed by atoms with Gasteiger partial charge in [-0.2, -0.15) is 0 Å². The molecule has 0 fully saturated rings. The lowest BCUT2D eigenvalue weighted by molar-refractivity contribution is 0.673. The molecule has 2 heteroatoms. The summed E-state index contributed by atoms with van der Waals surface area (Å²) in [6.07, 6.45) is 0. The van der Waals surface area contributed by atoms with Crippen LogP contribution in [0.2, 0.25) is 0 Å². The van der Waals surface area contributed by atoms with Gasteiger partial charge in [-0.05, 0) is 81.7 Å². The first-order valence-corrected chi connectivity index (χ1v) is 16.3. The van der Waals surface area contributed by atoms with E-state index in [1.165, 1.54) is 27.6 Å². The minimum atomic E-state index is 0.903. The highest BCUT2D eigenvalue weighted by Gasteiger charge is 2.18. The lowest BCUT2D eigenvalue weighted by atomic mass is 10.00. The van der Waals surface area contributed by atoms with E-state index in [1.54, 1.807) is 0 Å². The Bertz CT molecular complexity index is 2530. The third-order valence-electron chi connectivity index (χ3n) is 9.28. The van der Waals surface area contributed by atoms with E-state index in [0.717, 1.165) is 55.5 Å². The first-order valence-electron chi connectivity index (χ1n) is 16.3. The Balaban J connectivity index is 1.13. The molecule has 48 heavy (non-hydrogen) atoms. The van der Waals surface area contributed by atoms with Crippen molar-refractivity contribution >= 4 is 49.8 Å². The summed E-state index contributed by atoms with van der Waals surface area (Å²) in [5, 5.41) is 4.62. The lowest BCUT2D eigenvalue weighted by Gasteiger charge is -2.28. The molecule has 0 N–H and O–H groups in total.